The van der Waals surface area contributed by atoms with Gasteiger partial charge in [0, 0.05) is 38.7 Å². The molecule has 1 fully saturated rings. The Kier molecular flexibility index (Phi) is 8.62. The van der Waals surface area contributed by atoms with Gasteiger partial charge < -0.3 is 10.5 Å². The molecule has 1 heterocycles. The average Bonchev–Trinajstić information content (AvgIpc) is 2.71. The molecule has 2 rings (SSSR count). The predicted octanol–water partition coefficient (Wildman–Crippen LogP) is 2.29. The van der Waals surface area contributed by atoms with Crippen LogP contribution in [-0.4, -0.2) is 43.8 Å². The van der Waals surface area contributed by atoms with Crippen LogP contribution in [-0.2, 0) is 4.74 Å². The molecule has 5 heteroatoms. The number of hydrogen-bond acceptors (Lipinski definition) is 3. The van der Waals surface area contributed by atoms with Gasteiger partial charge in [-0.3, -0.25) is 4.90 Å². The van der Waals surface area contributed by atoms with Crippen LogP contribution in [0, 0.1) is 0 Å². The summed E-state index contributed by atoms with van der Waals surface area (Å²) in [5, 5.41) is 0. The Balaban J connectivity index is 0.00000162. The molecule has 1 aliphatic heterocycles. The maximum absolute atomic E-state index is 6.24. The summed E-state index contributed by atoms with van der Waals surface area (Å²) in [6, 6.07) is 10.8. The lowest BCUT2D eigenvalue weighted by Gasteiger charge is -2.19. The minimum absolute atomic E-state index is 0. The number of benzene rings is 1. The summed E-state index contributed by atoms with van der Waals surface area (Å²) in [6.07, 6.45) is 0.275. The van der Waals surface area contributed by atoms with E-state index in [9.17, 15) is 0 Å². The number of ether oxygens (including phenoxy) is 1. The fraction of sp³-hybridized carbons (Fsp3) is 0.571. The highest BCUT2D eigenvalue weighted by Crippen LogP contribution is 2.26. The molecule has 0 spiro atoms. The molecule has 0 saturated carbocycles. The molecular formula is C14H24Cl2N2O. The van der Waals surface area contributed by atoms with Gasteiger partial charge in [0.25, 0.3) is 0 Å². The predicted molar refractivity (Wildman–Crippen MR) is 84.6 cm³/mol. The lowest BCUT2D eigenvalue weighted by molar-refractivity contribution is 0.0845. The number of nitrogens with zero attached hydrogens (tertiary/aromatic N) is 1. The maximum Gasteiger partial charge on any atom is 0.0670 e. The first-order chi connectivity index (χ1) is 8.20. The number of hydrogen-bond donors (Lipinski definition) is 1. The zero-order valence-electron chi connectivity index (χ0n) is 11.5. The highest BCUT2D eigenvalue weighted by Gasteiger charge is 2.31. The van der Waals surface area contributed by atoms with Crippen LogP contribution in [0.15, 0.2) is 30.3 Å². The van der Waals surface area contributed by atoms with E-state index >= 15 is 0 Å². The largest absolute Gasteiger partial charge is 0.380 e. The summed E-state index contributed by atoms with van der Waals surface area (Å²) < 4.78 is 5.31. The van der Waals surface area contributed by atoms with Crippen LogP contribution in [0.25, 0.3) is 0 Å². The Bertz CT molecular complexity index is 351. The van der Waals surface area contributed by atoms with Crippen LogP contribution in [0.4, 0.5) is 0 Å². The number of likely N-dealkylation sites (tertiary alicyclic amines) is 1. The standard InChI is InChI=1S/C14H22N2O.2ClH/c1-11(17-2)8-16-9-13(14(15)10-16)12-6-4-3-5-7-12;;/h3-7,11,13-14H,8-10,15H2,1-2H3;2*1H/t11?,13-,14+;;/m0../s1. The van der Waals surface area contributed by atoms with Gasteiger partial charge >= 0.3 is 0 Å². The van der Waals surface area contributed by atoms with Gasteiger partial charge in [0.2, 0.25) is 0 Å². The molecule has 1 aromatic rings. The van der Waals surface area contributed by atoms with Gasteiger partial charge in [-0.15, -0.1) is 24.8 Å². The quantitative estimate of drug-likeness (QED) is 0.927. The molecule has 0 amide bonds. The minimum atomic E-state index is 0. The zero-order valence-corrected chi connectivity index (χ0v) is 13.1. The molecule has 3 nitrogen and oxygen atoms in total. The summed E-state index contributed by atoms with van der Waals surface area (Å²) in [7, 11) is 1.76. The smallest absolute Gasteiger partial charge is 0.0670 e. The molecule has 0 aromatic heterocycles. The monoisotopic (exact) mass is 306 g/mol. The van der Waals surface area contributed by atoms with E-state index in [0.717, 1.165) is 19.6 Å². The van der Waals surface area contributed by atoms with Gasteiger partial charge in [0.1, 0.15) is 0 Å². The first kappa shape index (κ1) is 18.7. The Morgan fingerprint density at radius 1 is 1.26 bits per heavy atom. The van der Waals surface area contributed by atoms with Crippen molar-refractivity contribution < 1.29 is 4.74 Å². The van der Waals surface area contributed by atoms with Crippen molar-refractivity contribution in [1.29, 1.82) is 0 Å². The number of methoxy groups -OCH3 is 1. The van der Waals surface area contributed by atoms with E-state index < -0.39 is 0 Å². The van der Waals surface area contributed by atoms with E-state index in [1.165, 1.54) is 5.56 Å². The summed E-state index contributed by atoms with van der Waals surface area (Å²) >= 11 is 0. The van der Waals surface area contributed by atoms with Crippen LogP contribution in [0.1, 0.15) is 18.4 Å². The van der Waals surface area contributed by atoms with Gasteiger partial charge in [0.05, 0.1) is 6.10 Å². The molecule has 3 atom stereocenters. The van der Waals surface area contributed by atoms with E-state index in [2.05, 4.69) is 42.2 Å². The van der Waals surface area contributed by atoms with E-state index in [0.29, 0.717) is 5.92 Å². The van der Waals surface area contributed by atoms with Crippen LogP contribution < -0.4 is 5.73 Å². The Morgan fingerprint density at radius 2 is 1.89 bits per heavy atom. The summed E-state index contributed by atoms with van der Waals surface area (Å²) in [4.78, 5) is 2.40. The fourth-order valence-corrected chi connectivity index (χ4v) is 2.55. The molecule has 0 bridgehead atoms. The second kappa shape index (κ2) is 8.77. The number of halogens is 2. The van der Waals surface area contributed by atoms with E-state index in [1.54, 1.807) is 7.11 Å². The maximum atomic E-state index is 6.24. The highest BCUT2D eigenvalue weighted by molar-refractivity contribution is 5.85. The van der Waals surface area contributed by atoms with Crippen molar-refractivity contribution in [3.63, 3.8) is 0 Å². The van der Waals surface area contributed by atoms with Crippen molar-refractivity contribution in [2.75, 3.05) is 26.7 Å². The Morgan fingerprint density at radius 3 is 2.47 bits per heavy atom. The third-order valence-corrected chi connectivity index (χ3v) is 3.59. The molecular weight excluding hydrogens is 283 g/mol. The molecule has 19 heavy (non-hydrogen) atoms. The minimum Gasteiger partial charge on any atom is -0.380 e. The lowest BCUT2D eigenvalue weighted by Crippen LogP contribution is -2.32. The van der Waals surface area contributed by atoms with E-state index in [-0.39, 0.29) is 37.0 Å². The van der Waals surface area contributed by atoms with Gasteiger partial charge in [-0.2, -0.15) is 0 Å². The van der Waals surface area contributed by atoms with Gasteiger partial charge in [-0.05, 0) is 12.5 Å². The molecule has 1 saturated heterocycles. The average molecular weight is 307 g/mol. The number of rotatable bonds is 4. The molecule has 0 radical (unpaired) electrons. The van der Waals surface area contributed by atoms with Crippen LogP contribution in [0.3, 0.4) is 0 Å². The summed E-state index contributed by atoms with van der Waals surface area (Å²) in [5.74, 6) is 0.459. The second-order valence-corrected chi connectivity index (χ2v) is 4.95. The molecule has 1 aliphatic rings. The normalized spacial score (nSPS) is 24.4. The second-order valence-electron chi connectivity index (χ2n) is 4.95. The molecule has 0 aliphatic carbocycles. The summed E-state index contributed by atoms with van der Waals surface area (Å²) in [5.41, 5.74) is 7.59. The van der Waals surface area contributed by atoms with Crippen molar-refractivity contribution in [3.8, 4) is 0 Å². The van der Waals surface area contributed by atoms with E-state index in [4.69, 9.17) is 10.5 Å². The van der Waals surface area contributed by atoms with Gasteiger partial charge in [0.15, 0.2) is 0 Å². The van der Waals surface area contributed by atoms with Gasteiger partial charge in [-0.25, -0.2) is 0 Å². The van der Waals surface area contributed by atoms with Crippen molar-refractivity contribution in [3.05, 3.63) is 35.9 Å². The third kappa shape index (κ3) is 4.93. The van der Waals surface area contributed by atoms with Crippen LogP contribution in [0.2, 0.25) is 0 Å². The first-order valence-corrected chi connectivity index (χ1v) is 6.26. The lowest BCUT2D eigenvalue weighted by atomic mass is 9.95. The van der Waals surface area contributed by atoms with Gasteiger partial charge in [-0.1, -0.05) is 30.3 Å². The number of nitrogens with two attached hydrogens (primary N) is 1. The molecule has 1 aromatic carbocycles. The Hall–Kier alpha value is -0.320. The first-order valence-electron chi connectivity index (χ1n) is 6.26. The van der Waals surface area contributed by atoms with E-state index in [1.807, 2.05) is 0 Å². The SMILES string of the molecule is COC(C)CN1C[C@@H](N)[C@H](c2ccccc2)C1.Cl.Cl. The van der Waals surface area contributed by atoms with Crippen molar-refractivity contribution >= 4 is 24.8 Å². The third-order valence-electron chi connectivity index (χ3n) is 3.59. The molecule has 1 unspecified atom stereocenters. The Labute approximate surface area is 128 Å². The zero-order chi connectivity index (χ0) is 12.3. The molecule has 2 N–H and O–H groups in total. The summed E-state index contributed by atoms with van der Waals surface area (Å²) in [6.45, 7) is 5.07. The molecule has 110 valence electrons. The highest BCUT2D eigenvalue weighted by atomic mass is 35.5. The van der Waals surface area contributed by atoms with Crippen LogP contribution >= 0.6 is 24.8 Å². The fourth-order valence-electron chi connectivity index (χ4n) is 2.55. The van der Waals surface area contributed by atoms with Crippen molar-refractivity contribution in [1.82, 2.24) is 4.90 Å². The van der Waals surface area contributed by atoms with Crippen molar-refractivity contribution in [2.45, 2.75) is 25.0 Å². The van der Waals surface area contributed by atoms with Crippen molar-refractivity contribution in [2.24, 2.45) is 5.73 Å². The van der Waals surface area contributed by atoms with Crippen LogP contribution in [0.5, 0.6) is 0 Å². The topological polar surface area (TPSA) is 38.5 Å².